The average molecular weight is 258 g/mol. The van der Waals surface area contributed by atoms with Crippen LogP contribution in [0.3, 0.4) is 0 Å². The minimum absolute atomic E-state index is 0.763. The molecule has 92 valence electrons. The number of thiophene rings is 1. The van der Waals surface area contributed by atoms with E-state index in [9.17, 15) is 0 Å². The summed E-state index contributed by atoms with van der Waals surface area (Å²) in [5.74, 6) is 1.58. The molecular formula is C13H14N4S. The predicted molar refractivity (Wildman–Crippen MR) is 72.1 cm³/mol. The van der Waals surface area contributed by atoms with Crippen molar-refractivity contribution in [2.75, 3.05) is 0 Å². The van der Waals surface area contributed by atoms with Crippen LogP contribution in [-0.2, 0) is 12.8 Å². The van der Waals surface area contributed by atoms with E-state index in [0.29, 0.717) is 0 Å². The zero-order valence-electron chi connectivity index (χ0n) is 10.5. The summed E-state index contributed by atoms with van der Waals surface area (Å²) < 4.78 is 1.81. The van der Waals surface area contributed by atoms with Gasteiger partial charge in [0.1, 0.15) is 17.0 Å². The molecule has 4 nitrogen and oxygen atoms in total. The molecule has 0 N–H and O–H groups in total. The highest BCUT2D eigenvalue weighted by Crippen LogP contribution is 2.38. The largest absolute Gasteiger partial charge is 0.225 e. The number of nitrogens with zero attached hydrogens (tertiary/aromatic N) is 4. The zero-order valence-corrected chi connectivity index (χ0v) is 11.3. The lowest BCUT2D eigenvalue weighted by Gasteiger charge is -2.17. The van der Waals surface area contributed by atoms with Crippen LogP contribution in [0.4, 0.5) is 0 Å². The summed E-state index contributed by atoms with van der Waals surface area (Å²) in [6.45, 7) is 4.26. The van der Waals surface area contributed by atoms with Crippen molar-refractivity contribution >= 4 is 27.2 Å². The van der Waals surface area contributed by atoms with E-state index in [-0.39, 0.29) is 0 Å². The van der Waals surface area contributed by atoms with Crippen LogP contribution in [0.15, 0.2) is 6.33 Å². The SMILES string of the molecule is Cc1nc2c3c4c(sc3ncn2n1)CC[C@H](C)C4. The van der Waals surface area contributed by atoms with Crippen LogP contribution >= 0.6 is 11.3 Å². The fourth-order valence-corrected chi connectivity index (χ4v) is 4.03. The molecule has 1 aliphatic rings. The van der Waals surface area contributed by atoms with Gasteiger partial charge < -0.3 is 0 Å². The Hall–Kier alpha value is -1.49. The maximum atomic E-state index is 4.57. The van der Waals surface area contributed by atoms with Crippen molar-refractivity contribution in [3.63, 3.8) is 0 Å². The van der Waals surface area contributed by atoms with Gasteiger partial charge in [0.05, 0.1) is 5.39 Å². The summed E-state index contributed by atoms with van der Waals surface area (Å²) in [4.78, 5) is 11.7. The molecule has 0 aromatic carbocycles. The Morgan fingerprint density at radius 2 is 2.33 bits per heavy atom. The number of hydrogen-bond acceptors (Lipinski definition) is 4. The van der Waals surface area contributed by atoms with Crippen molar-refractivity contribution < 1.29 is 0 Å². The second-order valence-corrected chi connectivity index (χ2v) is 6.29. The van der Waals surface area contributed by atoms with Crippen LogP contribution in [0.1, 0.15) is 29.6 Å². The van der Waals surface area contributed by atoms with Crippen molar-refractivity contribution in [2.24, 2.45) is 5.92 Å². The standard InChI is InChI=1S/C13H14N4S/c1-7-3-4-10-9(5-7)11-12-15-8(2)16-17(12)6-14-13(11)18-10/h6-7H,3-5H2,1-2H3/t7-/m0/s1. The monoisotopic (exact) mass is 258 g/mol. The second-order valence-electron chi connectivity index (χ2n) is 5.20. The molecule has 4 rings (SSSR count). The van der Waals surface area contributed by atoms with Gasteiger partial charge in [-0.15, -0.1) is 11.3 Å². The van der Waals surface area contributed by atoms with Crippen LogP contribution in [-0.4, -0.2) is 19.6 Å². The summed E-state index contributed by atoms with van der Waals surface area (Å²) in [7, 11) is 0. The number of aryl methyl sites for hydroxylation is 2. The van der Waals surface area contributed by atoms with Crippen LogP contribution in [0.5, 0.6) is 0 Å². The summed E-state index contributed by atoms with van der Waals surface area (Å²) in [6.07, 6.45) is 5.42. The highest BCUT2D eigenvalue weighted by molar-refractivity contribution is 7.19. The third kappa shape index (κ3) is 1.34. The Morgan fingerprint density at radius 1 is 1.44 bits per heavy atom. The van der Waals surface area contributed by atoms with Gasteiger partial charge >= 0.3 is 0 Å². The summed E-state index contributed by atoms with van der Waals surface area (Å²) in [5, 5.41) is 5.60. The molecule has 5 heteroatoms. The highest BCUT2D eigenvalue weighted by atomic mass is 32.1. The fraction of sp³-hybridized carbons (Fsp3) is 0.462. The first-order chi connectivity index (χ1) is 8.72. The normalized spacial score (nSPS) is 19.6. The lowest BCUT2D eigenvalue weighted by Crippen LogP contribution is -2.09. The number of fused-ring (bicyclic) bond motifs is 5. The highest BCUT2D eigenvalue weighted by Gasteiger charge is 2.23. The van der Waals surface area contributed by atoms with Gasteiger partial charge in [0.15, 0.2) is 5.65 Å². The summed E-state index contributed by atoms with van der Waals surface area (Å²) >= 11 is 1.83. The first kappa shape index (κ1) is 10.4. The minimum Gasteiger partial charge on any atom is -0.225 e. The van der Waals surface area contributed by atoms with Gasteiger partial charge in [0.25, 0.3) is 0 Å². The topological polar surface area (TPSA) is 43.1 Å². The van der Waals surface area contributed by atoms with Gasteiger partial charge in [0, 0.05) is 4.88 Å². The number of rotatable bonds is 0. The molecule has 18 heavy (non-hydrogen) atoms. The molecule has 0 amide bonds. The molecule has 0 aliphatic heterocycles. The van der Waals surface area contributed by atoms with Crippen molar-refractivity contribution in [1.82, 2.24) is 19.6 Å². The molecule has 0 radical (unpaired) electrons. The molecule has 0 saturated heterocycles. The van der Waals surface area contributed by atoms with Gasteiger partial charge in [-0.3, -0.25) is 0 Å². The molecule has 0 fully saturated rings. The molecule has 0 bridgehead atoms. The molecular weight excluding hydrogens is 244 g/mol. The fourth-order valence-electron chi connectivity index (χ4n) is 2.85. The molecule has 1 aliphatic carbocycles. The first-order valence-electron chi connectivity index (χ1n) is 6.34. The molecule has 3 aromatic rings. The smallest absolute Gasteiger partial charge is 0.167 e. The molecule has 1 atom stereocenters. The Labute approximate surface area is 109 Å². The van der Waals surface area contributed by atoms with E-state index in [1.165, 1.54) is 28.7 Å². The van der Waals surface area contributed by atoms with E-state index in [4.69, 9.17) is 0 Å². The van der Waals surface area contributed by atoms with E-state index < -0.39 is 0 Å². The quantitative estimate of drug-likeness (QED) is 0.622. The van der Waals surface area contributed by atoms with Gasteiger partial charge in [-0.25, -0.2) is 14.5 Å². The Bertz CT molecular complexity index is 755. The van der Waals surface area contributed by atoms with Crippen molar-refractivity contribution in [3.05, 3.63) is 22.6 Å². The lowest BCUT2D eigenvalue weighted by atomic mass is 9.89. The van der Waals surface area contributed by atoms with E-state index in [2.05, 4.69) is 22.0 Å². The Kier molecular flexibility index (Phi) is 2.03. The van der Waals surface area contributed by atoms with Crippen LogP contribution in [0.25, 0.3) is 15.9 Å². The van der Waals surface area contributed by atoms with Crippen LogP contribution < -0.4 is 0 Å². The number of aromatic nitrogens is 4. The minimum atomic E-state index is 0.763. The van der Waals surface area contributed by atoms with Crippen molar-refractivity contribution in [3.8, 4) is 0 Å². The van der Waals surface area contributed by atoms with Crippen molar-refractivity contribution in [2.45, 2.75) is 33.1 Å². The maximum Gasteiger partial charge on any atom is 0.167 e. The molecule has 0 spiro atoms. The van der Waals surface area contributed by atoms with Gasteiger partial charge in [-0.05, 0) is 37.7 Å². The Balaban J connectivity index is 2.13. The van der Waals surface area contributed by atoms with E-state index in [1.54, 1.807) is 6.33 Å². The van der Waals surface area contributed by atoms with E-state index in [1.807, 2.05) is 22.8 Å². The molecule has 0 saturated carbocycles. The molecule has 0 unspecified atom stereocenters. The molecule has 3 aromatic heterocycles. The van der Waals surface area contributed by atoms with E-state index >= 15 is 0 Å². The maximum absolute atomic E-state index is 4.57. The van der Waals surface area contributed by atoms with E-state index in [0.717, 1.165) is 28.6 Å². The van der Waals surface area contributed by atoms with Gasteiger partial charge in [-0.1, -0.05) is 6.92 Å². The summed E-state index contributed by atoms with van der Waals surface area (Å²) in [5.41, 5.74) is 2.45. The third-order valence-electron chi connectivity index (χ3n) is 3.73. The van der Waals surface area contributed by atoms with Crippen LogP contribution in [0.2, 0.25) is 0 Å². The van der Waals surface area contributed by atoms with Crippen LogP contribution in [0, 0.1) is 12.8 Å². The Morgan fingerprint density at radius 3 is 3.22 bits per heavy atom. The first-order valence-corrected chi connectivity index (χ1v) is 7.16. The lowest BCUT2D eigenvalue weighted by molar-refractivity contribution is 0.508. The van der Waals surface area contributed by atoms with Gasteiger partial charge in [-0.2, -0.15) is 5.10 Å². The van der Waals surface area contributed by atoms with Gasteiger partial charge in [0.2, 0.25) is 0 Å². The molecule has 3 heterocycles. The predicted octanol–water partition coefficient (Wildman–Crippen LogP) is 2.77. The second kappa shape index (κ2) is 3.51. The third-order valence-corrected chi connectivity index (χ3v) is 4.93. The van der Waals surface area contributed by atoms with Crippen molar-refractivity contribution in [1.29, 1.82) is 0 Å². The summed E-state index contributed by atoms with van der Waals surface area (Å²) in [6, 6.07) is 0. The average Bonchev–Trinajstić information content (AvgIpc) is 2.87. The number of hydrogen-bond donors (Lipinski definition) is 0. The zero-order chi connectivity index (χ0) is 12.3.